The second-order valence-corrected chi connectivity index (χ2v) is 5.87. The summed E-state index contributed by atoms with van der Waals surface area (Å²) in [6.45, 7) is 3.30. The molecule has 1 aromatic heterocycles. The van der Waals surface area contributed by atoms with Gasteiger partial charge in [0.15, 0.2) is 11.5 Å². The Labute approximate surface area is 145 Å². The summed E-state index contributed by atoms with van der Waals surface area (Å²) in [4.78, 5) is 17.1. The van der Waals surface area contributed by atoms with Crippen LogP contribution in [0, 0.1) is 0 Å². The van der Waals surface area contributed by atoms with Gasteiger partial charge in [0.1, 0.15) is 25.6 Å². The number of anilines is 1. The normalized spacial score (nSPS) is 13.0. The number of ether oxygens (including phenoxy) is 2. The van der Waals surface area contributed by atoms with Crippen LogP contribution in [0.1, 0.15) is 12.7 Å². The maximum Gasteiger partial charge on any atom is 0.244 e. The third kappa shape index (κ3) is 3.03. The van der Waals surface area contributed by atoms with E-state index in [9.17, 15) is 4.79 Å². The van der Waals surface area contributed by atoms with Crippen LogP contribution in [-0.4, -0.2) is 28.7 Å². The second kappa shape index (κ2) is 6.47. The zero-order valence-corrected chi connectivity index (χ0v) is 14.0. The smallest absolute Gasteiger partial charge is 0.244 e. The van der Waals surface area contributed by atoms with Gasteiger partial charge in [0.25, 0.3) is 0 Å². The van der Waals surface area contributed by atoms with Crippen molar-refractivity contribution in [2.75, 3.05) is 18.5 Å². The number of carbonyl (C=O) groups excluding carboxylic acids is 1. The average molecular weight is 337 g/mol. The number of aromatic nitrogens is 2. The van der Waals surface area contributed by atoms with E-state index in [0.717, 1.165) is 29.0 Å². The van der Waals surface area contributed by atoms with Crippen LogP contribution in [0.4, 0.5) is 5.69 Å². The number of carbonyl (C=O) groups is 1. The van der Waals surface area contributed by atoms with Crippen molar-refractivity contribution in [1.29, 1.82) is 0 Å². The number of imidazole rings is 1. The summed E-state index contributed by atoms with van der Waals surface area (Å²) in [5.74, 6) is 2.18. The van der Waals surface area contributed by atoms with Gasteiger partial charge in [-0.3, -0.25) is 4.79 Å². The van der Waals surface area contributed by atoms with Crippen molar-refractivity contribution in [2.45, 2.75) is 19.9 Å². The van der Waals surface area contributed by atoms with Gasteiger partial charge in [-0.2, -0.15) is 0 Å². The van der Waals surface area contributed by atoms with Crippen molar-refractivity contribution in [3.63, 3.8) is 0 Å². The minimum Gasteiger partial charge on any atom is -0.486 e. The molecule has 128 valence electrons. The summed E-state index contributed by atoms with van der Waals surface area (Å²) in [6, 6.07) is 13.2. The van der Waals surface area contributed by atoms with Crippen LogP contribution in [0.3, 0.4) is 0 Å². The molecule has 1 aliphatic rings. The summed E-state index contributed by atoms with van der Waals surface area (Å²) in [5.41, 5.74) is 2.47. The lowest BCUT2D eigenvalue weighted by Crippen LogP contribution is -2.20. The molecule has 1 aliphatic heterocycles. The molecule has 0 unspecified atom stereocenters. The molecule has 1 amide bonds. The van der Waals surface area contributed by atoms with E-state index in [4.69, 9.17) is 9.47 Å². The molecule has 0 saturated carbocycles. The molecule has 0 atom stereocenters. The van der Waals surface area contributed by atoms with Crippen LogP contribution in [0.15, 0.2) is 42.5 Å². The lowest BCUT2D eigenvalue weighted by Gasteiger charge is -2.18. The summed E-state index contributed by atoms with van der Waals surface area (Å²) in [7, 11) is 0. The Morgan fingerprint density at radius 2 is 1.88 bits per heavy atom. The number of benzene rings is 2. The number of rotatable bonds is 4. The van der Waals surface area contributed by atoms with Crippen LogP contribution >= 0.6 is 0 Å². The van der Waals surface area contributed by atoms with E-state index in [1.807, 2.05) is 54.0 Å². The van der Waals surface area contributed by atoms with Gasteiger partial charge in [0.05, 0.1) is 11.0 Å². The fraction of sp³-hybridized carbons (Fsp3) is 0.263. The molecule has 0 fully saturated rings. The van der Waals surface area contributed by atoms with E-state index in [1.165, 1.54) is 0 Å². The molecule has 0 aliphatic carbocycles. The first kappa shape index (κ1) is 15.5. The van der Waals surface area contributed by atoms with Gasteiger partial charge in [0, 0.05) is 24.2 Å². The van der Waals surface area contributed by atoms with Gasteiger partial charge < -0.3 is 19.4 Å². The van der Waals surface area contributed by atoms with Crippen LogP contribution in [0.2, 0.25) is 0 Å². The van der Waals surface area contributed by atoms with E-state index in [2.05, 4.69) is 10.3 Å². The summed E-state index contributed by atoms with van der Waals surface area (Å²) >= 11 is 0. The zero-order valence-electron chi connectivity index (χ0n) is 14.0. The molecule has 0 spiro atoms. The first-order chi connectivity index (χ1) is 12.2. The molecule has 2 aromatic carbocycles. The minimum atomic E-state index is -0.0879. The van der Waals surface area contributed by atoms with Crippen molar-refractivity contribution in [3.05, 3.63) is 48.3 Å². The lowest BCUT2D eigenvalue weighted by atomic mass is 10.2. The van der Waals surface area contributed by atoms with Crippen molar-refractivity contribution < 1.29 is 14.3 Å². The number of amides is 1. The number of hydrogen-bond donors (Lipinski definition) is 1. The van der Waals surface area contributed by atoms with E-state index < -0.39 is 0 Å². The Hall–Kier alpha value is -3.02. The first-order valence-electron chi connectivity index (χ1n) is 8.38. The average Bonchev–Trinajstić information content (AvgIpc) is 2.97. The van der Waals surface area contributed by atoms with E-state index in [-0.39, 0.29) is 12.5 Å². The highest BCUT2D eigenvalue weighted by Crippen LogP contribution is 2.34. The molecule has 0 radical (unpaired) electrons. The summed E-state index contributed by atoms with van der Waals surface area (Å²) in [6.07, 6.45) is 0.736. The minimum absolute atomic E-state index is 0.0879. The highest BCUT2D eigenvalue weighted by atomic mass is 16.6. The number of para-hydroxylation sites is 1. The molecule has 0 bridgehead atoms. The third-order valence-corrected chi connectivity index (χ3v) is 4.17. The number of nitrogens with one attached hydrogen (secondary N) is 1. The van der Waals surface area contributed by atoms with Crippen LogP contribution in [0.25, 0.3) is 11.0 Å². The second-order valence-electron chi connectivity index (χ2n) is 5.87. The maximum atomic E-state index is 12.5. The van der Waals surface area contributed by atoms with E-state index in [1.54, 1.807) is 0 Å². The largest absolute Gasteiger partial charge is 0.486 e. The van der Waals surface area contributed by atoms with Crippen LogP contribution in [0.5, 0.6) is 11.5 Å². The fourth-order valence-electron chi connectivity index (χ4n) is 3.02. The SMILES string of the molecule is CCc1nc2cc3c(cc2n1CC(=O)Nc1ccccc1)OCCO3. The molecular weight excluding hydrogens is 318 g/mol. The monoisotopic (exact) mass is 337 g/mol. The van der Waals surface area contributed by atoms with Crippen LogP contribution < -0.4 is 14.8 Å². The van der Waals surface area contributed by atoms with Gasteiger partial charge in [-0.25, -0.2) is 4.98 Å². The van der Waals surface area contributed by atoms with Crippen molar-refractivity contribution in [1.82, 2.24) is 9.55 Å². The Balaban J connectivity index is 1.66. The maximum absolute atomic E-state index is 12.5. The van der Waals surface area contributed by atoms with Gasteiger partial charge in [0.2, 0.25) is 5.91 Å². The Morgan fingerprint density at radius 3 is 2.60 bits per heavy atom. The van der Waals surface area contributed by atoms with Gasteiger partial charge in [-0.1, -0.05) is 25.1 Å². The predicted octanol–water partition coefficient (Wildman–Crippen LogP) is 3.01. The topological polar surface area (TPSA) is 65.4 Å². The number of nitrogens with zero attached hydrogens (tertiary/aromatic N) is 2. The Kier molecular flexibility index (Phi) is 4.01. The third-order valence-electron chi connectivity index (χ3n) is 4.17. The summed E-state index contributed by atoms with van der Waals surface area (Å²) < 4.78 is 13.2. The molecule has 2 heterocycles. The number of aryl methyl sites for hydroxylation is 1. The molecular formula is C19H19N3O3. The van der Waals surface area contributed by atoms with Crippen LogP contribution in [-0.2, 0) is 17.8 Å². The number of hydrogen-bond acceptors (Lipinski definition) is 4. The van der Waals surface area contributed by atoms with E-state index in [0.29, 0.717) is 24.7 Å². The van der Waals surface area contributed by atoms with Gasteiger partial charge >= 0.3 is 0 Å². The zero-order chi connectivity index (χ0) is 17.2. The molecule has 25 heavy (non-hydrogen) atoms. The standard InChI is InChI=1S/C19H19N3O3/c1-2-18-21-14-10-16-17(25-9-8-24-16)11-15(14)22(18)12-19(23)20-13-6-4-3-5-7-13/h3-7,10-11H,2,8-9,12H2,1H3,(H,20,23). The highest BCUT2D eigenvalue weighted by Gasteiger charge is 2.18. The van der Waals surface area contributed by atoms with Crippen molar-refractivity contribution in [3.8, 4) is 11.5 Å². The molecule has 4 rings (SSSR count). The molecule has 6 nitrogen and oxygen atoms in total. The fourth-order valence-corrected chi connectivity index (χ4v) is 3.02. The lowest BCUT2D eigenvalue weighted by molar-refractivity contribution is -0.116. The quantitative estimate of drug-likeness (QED) is 0.795. The molecule has 1 N–H and O–H groups in total. The molecule has 6 heteroatoms. The van der Waals surface area contributed by atoms with Gasteiger partial charge in [-0.15, -0.1) is 0 Å². The molecule has 3 aromatic rings. The number of fused-ring (bicyclic) bond motifs is 2. The van der Waals surface area contributed by atoms with Crippen molar-refractivity contribution >= 4 is 22.6 Å². The van der Waals surface area contributed by atoms with Crippen molar-refractivity contribution in [2.24, 2.45) is 0 Å². The predicted molar refractivity (Wildman–Crippen MR) is 95.2 cm³/mol. The Morgan fingerprint density at radius 1 is 1.16 bits per heavy atom. The Bertz CT molecular complexity index is 919. The molecule has 0 saturated heterocycles. The van der Waals surface area contributed by atoms with E-state index >= 15 is 0 Å². The highest BCUT2D eigenvalue weighted by molar-refractivity contribution is 5.92. The summed E-state index contributed by atoms with van der Waals surface area (Å²) in [5, 5.41) is 2.92. The first-order valence-corrected chi connectivity index (χ1v) is 8.38. The van der Waals surface area contributed by atoms with Gasteiger partial charge in [-0.05, 0) is 12.1 Å².